The van der Waals surface area contributed by atoms with Crippen LogP contribution in [0.2, 0.25) is 5.02 Å². The summed E-state index contributed by atoms with van der Waals surface area (Å²) >= 11 is 6.15. The van der Waals surface area contributed by atoms with Crippen LogP contribution in [-0.4, -0.2) is 44.7 Å². The molecule has 162 valence electrons. The van der Waals surface area contributed by atoms with Crippen LogP contribution in [0.5, 0.6) is 0 Å². The van der Waals surface area contributed by atoms with Crippen molar-refractivity contribution < 1.29 is 9.26 Å². The Morgan fingerprint density at radius 1 is 1.00 bits per heavy atom. The molecule has 2 fully saturated rings. The molecule has 3 aromatic heterocycles. The van der Waals surface area contributed by atoms with Gasteiger partial charge in [-0.3, -0.25) is 9.55 Å². The molecule has 2 aliphatic rings. The maximum Gasteiger partial charge on any atom is 0.228 e. The zero-order valence-corrected chi connectivity index (χ0v) is 18.0. The van der Waals surface area contributed by atoms with E-state index in [-0.39, 0.29) is 6.04 Å². The smallest absolute Gasteiger partial charge is 0.228 e. The van der Waals surface area contributed by atoms with Crippen molar-refractivity contribution in [2.24, 2.45) is 0 Å². The first-order chi connectivity index (χ1) is 15.8. The van der Waals surface area contributed by atoms with E-state index < -0.39 is 0 Å². The summed E-state index contributed by atoms with van der Waals surface area (Å²) in [5.41, 5.74) is 2.70. The molecule has 4 aromatic rings. The van der Waals surface area contributed by atoms with Crippen LogP contribution in [0.15, 0.2) is 59.4 Å². The maximum atomic E-state index is 6.15. The molecule has 0 radical (unpaired) electrons. The number of rotatable bonds is 5. The quantitative estimate of drug-likeness (QED) is 0.442. The zero-order chi connectivity index (χ0) is 21.5. The molecule has 1 saturated carbocycles. The molecule has 1 aliphatic carbocycles. The summed E-state index contributed by atoms with van der Waals surface area (Å²) in [7, 11) is 0. The summed E-state index contributed by atoms with van der Waals surface area (Å²) in [6.07, 6.45) is 5.82. The first-order valence-electron chi connectivity index (χ1n) is 10.7. The molecule has 32 heavy (non-hydrogen) atoms. The van der Waals surface area contributed by atoms with Crippen molar-refractivity contribution in [3.05, 3.63) is 65.6 Å². The fourth-order valence-corrected chi connectivity index (χ4v) is 4.35. The van der Waals surface area contributed by atoms with Crippen molar-refractivity contribution >= 4 is 17.5 Å². The number of halogens is 1. The van der Waals surface area contributed by atoms with Crippen LogP contribution >= 0.6 is 11.6 Å². The van der Waals surface area contributed by atoms with Gasteiger partial charge in [0.1, 0.15) is 11.7 Å². The predicted molar refractivity (Wildman–Crippen MR) is 119 cm³/mol. The average Bonchev–Trinajstić information content (AvgIpc) is 3.38. The summed E-state index contributed by atoms with van der Waals surface area (Å²) in [5.74, 6) is 2.39. The van der Waals surface area contributed by atoms with Gasteiger partial charge in [-0.15, -0.1) is 10.2 Å². The maximum absolute atomic E-state index is 6.15. The fourth-order valence-electron chi connectivity index (χ4n) is 4.16. The van der Waals surface area contributed by atoms with Crippen molar-refractivity contribution in [2.75, 3.05) is 24.7 Å². The third-order valence-electron chi connectivity index (χ3n) is 5.89. The number of hydrogen-bond donors (Lipinski definition) is 0. The lowest BCUT2D eigenvalue weighted by Gasteiger charge is -2.35. The highest BCUT2D eigenvalue weighted by atomic mass is 35.5. The molecule has 8 nitrogen and oxygen atoms in total. The van der Waals surface area contributed by atoms with E-state index in [2.05, 4.69) is 29.8 Å². The van der Waals surface area contributed by atoms with Gasteiger partial charge in [-0.25, -0.2) is 0 Å². The average molecular weight is 449 g/mol. The molecule has 9 heteroatoms. The van der Waals surface area contributed by atoms with E-state index in [9.17, 15) is 0 Å². The van der Waals surface area contributed by atoms with E-state index >= 15 is 0 Å². The molecule has 1 saturated heterocycles. The molecule has 1 atom stereocenters. The zero-order valence-electron chi connectivity index (χ0n) is 17.3. The van der Waals surface area contributed by atoms with Crippen molar-refractivity contribution in [2.45, 2.75) is 24.9 Å². The van der Waals surface area contributed by atoms with Crippen molar-refractivity contribution in [1.82, 2.24) is 24.9 Å². The van der Waals surface area contributed by atoms with Gasteiger partial charge >= 0.3 is 0 Å². The van der Waals surface area contributed by atoms with Crippen LogP contribution in [0.1, 0.15) is 30.6 Å². The third-order valence-corrected chi connectivity index (χ3v) is 6.13. The lowest BCUT2D eigenvalue weighted by Crippen LogP contribution is -2.41. The van der Waals surface area contributed by atoms with Crippen molar-refractivity contribution in [1.29, 1.82) is 0 Å². The van der Waals surface area contributed by atoms with E-state index in [0.29, 0.717) is 36.6 Å². The Labute approximate surface area is 189 Å². The molecule has 1 unspecified atom stereocenters. The summed E-state index contributed by atoms with van der Waals surface area (Å²) < 4.78 is 13.7. The summed E-state index contributed by atoms with van der Waals surface area (Å²) in [4.78, 5) is 6.37. The van der Waals surface area contributed by atoms with E-state index in [0.717, 1.165) is 41.4 Å². The monoisotopic (exact) mass is 448 g/mol. The summed E-state index contributed by atoms with van der Waals surface area (Å²) in [5, 5.41) is 14.2. The van der Waals surface area contributed by atoms with Gasteiger partial charge < -0.3 is 14.2 Å². The molecule has 0 N–H and O–H groups in total. The Bertz CT molecular complexity index is 1240. The molecule has 1 aromatic carbocycles. The molecule has 4 heterocycles. The van der Waals surface area contributed by atoms with Gasteiger partial charge in [0.2, 0.25) is 5.95 Å². The molecule has 0 amide bonds. The Morgan fingerprint density at radius 2 is 1.88 bits per heavy atom. The molecule has 0 spiro atoms. The second-order valence-electron chi connectivity index (χ2n) is 8.07. The van der Waals surface area contributed by atoms with Gasteiger partial charge in [0.25, 0.3) is 0 Å². The second kappa shape index (κ2) is 8.03. The van der Waals surface area contributed by atoms with Crippen LogP contribution in [0.25, 0.3) is 22.7 Å². The van der Waals surface area contributed by atoms with Crippen LogP contribution < -0.4 is 4.90 Å². The summed E-state index contributed by atoms with van der Waals surface area (Å²) in [6.45, 7) is 1.83. The lowest BCUT2D eigenvalue weighted by molar-refractivity contribution is 0.0907. The number of anilines is 1. The molecular weight excluding hydrogens is 428 g/mol. The highest BCUT2D eigenvalue weighted by Crippen LogP contribution is 2.43. The van der Waals surface area contributed by atoms with E-state index in [1.54, 1.807) is 12.4 Å². The first-order valence-corrected chi connectivity index (χ1v) is 11.1. The fraction of sp³-hybridized carbons (Fsp3) is 0.304. The Kier molecular flexibility index (Phi) is 4.88. The predicted octanol–water partition coefficient (Wildman–Crippen LogP) is 4.56. The van der Waals surface area contributed by atoms with Gasteiger partial charge in [0.05, 0.1) is 13.2 Å². The van der Waals surface area contributed by atoms with E-state index in [1.807, 2.05) is 42.5 Å². The first kappa shape index (κ1) is 19.5. The van der Waals surface area contributed by atoms with Gasteiger partial charge in [0.15, 0.2) is 11.6 Å². The van der Waals surface area contributed by atoms with Gasteiger partial charge in [-0.2, -0.15) is 0 Å². The number of morpholine rings is 1. The van der Waals surface area contributed by atoms with Crippen molar-refractivity contribution in [3.63, 3.8) is 0 Å². The standard InChI is InChI=1S/C23H21ClN6O2/c24-17-3-1-2-16(12-17)21-13-19(28-32-21)20-14-31-11-10-29(20)23-27-26-22(30(23)18-4-5-18)15-6-8-25-9-7-15/h1-3,6-9,12-13,18,20H,4-5,10-11,14H2. The highest BCUT2D eigenvalue weighted by Gasteiger charge is 2.36. The number of nitrogens with zero attached hydrogens (tertiary/aromatic N) is 6. The minimum absolute atomic E-state index is 0.118. The number of hydrogen-bond acceptors (Lipinski definition) is 7. The van der Waals surface area contributed by atoms with E-state index in [1.165, 1.54) is 0 Å². The van der Waals surface area contributed by atoms with Crippen LogP contribution in [0.3, 0.4) is 0 Å². The molecule has 0 bridgehead atoms. The number of benzene rings is 1. The number of ether oxygens (including phenoxy) is 1. The molecular formula is C23H21ClN6O2. The number of aromatic nitrogens is 5. The normalized spacial score (nSPS) is 18.8. The van der Waals surface area contributed by atoms with Crippen molar-refractivity contribution in [3.8, 4) is 22.7 Å². The SMILES string of the molecule is Clc1cccc(-c2cc(C3COCCN3c3nnc(-c4ccncc4)n3C3CC3)no2)c1. The van der Waals surface area contributed by atoms with Crippen LogP contribution in [0, 0.1) is 0 Å². The van der Waals surface area contributed by atoms with Crippen LogP contribution in [-0.2, 0) is 4.74 Å². The summed E-state index contributed by atoms with van der Waals surface area (Å²) in [6, 6.07) is 13.7. The highest BCUT2D eigenvalue weighted by molar-refractivity contribution is 6.30. The third kappa shape index (κ3) is 3.55. The molecule has 6 rings (SSSR count). The molecule has 1 aliphatic heterocycles. The Balaban J connectivity index is 1.37. The largest absolute Gasteiger partial charge is 0.377 e. The van der Waals surface area contributed by atoms with Crippen LogP contribution in [0.4, 0.5) is 5.95 Å². The minimum Gasteiger partial charge on any atom is -0.377 e. The van der Waals surface area contributed by atoms with Gasteiger partial charge in [-0.05, 0) is 37.1 Å². The van der Waals surface area contributed by atoms with Gasteiger partial charge in [0, 0.05) is 47.2 Å². The lowest BCUT2D eigenvalue weighted by atomic mass is 10.1. The topological polar surface area (TPSA) is 82.1 Å². The number of pyridine rings is 1. The Morgan fingerprint density at radius 3 is 2.69 bits per heavy atom. The minimum atomic E-state index is -0.118. The van der Waals surface area contributed by atoms with Gasteiger partial charge in [-0.1, -0.05) is 28.9 Å². The van der Waals surface area contributed by atoms with E-state index in [4.69, 9.17) is 20.9 Å². The second-order valence-corrected chi connectivity index (χ2v) is 8.51. The Hall–Kier alpha value is -3.23.